The maximum Gasteiger partial charge on any atom is 0.130 e. The summed E-state index contributed by atoms with van der Waals surface area (Å²) in [7, 11) is 0. The molecular weight excluding hydrogens is 292 g/mol. The van der Waals surface area contributed by atoms with Gasteiger partial charge in [0.25, 0.3) is 0 Å². The second kappa shape index (κ2) is 7.01. The zero-order chi connectivity index (χ0) is 15.4. The molecule has 0 aromatic heterocycles. The highest BCUT2D eigenvalue weighted by Crippen LogP contribution is 2.25. The molecule has 0 heterocycles. The predicted octanol–water partition coefficient (Wildman–Crippen LogP) is 4.82. The van der Waals surface area contributed by atoms with Crippen molar-refractivity contribution in [1.29, 1.82) is 0 Å². The molecule has 2 aromatic rings. The smallest absolute Gasteiger partial charge is 0.130 e. The fraction of sp³-hybridized carbons (Fsp3) is 0.294. The molecule has 2 aromatic carbocycles. The summed E-state index contributed by atoms with van der Waals surface area (Å²) >= 11 is 5.76. The van der Waals surface area contributed by atoms with Gasteiger partial charge in [-0.25, -0.2) is 8.78 Å². The van der Waals surface area contributed by atoms with Crippen LogP contribution in [0.15, 0.2) is 36.4 Å². The Morgan fingerprint density at radius 3 is 2.62 bits per heavy atom. The first-order valence-electron chi connectivity index (χ1n) is 6.95. The highest BCUT2D eigenvalue weighted by molar-refractivity contribution is 6.30. The largest absolute Gasteiger partial charge is 0.310 e. The quantitative estimate of drug-likeness (QED) is 0.835. The molecule has 0 saturated carbocycles. The third-order valence-corrected chi connectivity index (χ3v) is 3.72. The highest BCUT2D eigenvalue weighted by atomic mass is 35.5. The molecule has 0 saturated heterocycles. The molecule has 0 amide bonds. The summed E-state index contributed by atoms with van der Waals surface area (Å²) in [6.45, 7) is 4.34. The van der Waals surface area contributed by atoms with Crippen molar-refractivity contribution in [1.82, 2.24) is 5.32 Å². The van der Waals surface area contributed by atoms with Crippen LogP contribution in [0, 0.1) is 18.6 Å². The minimum Gasteiger partial charge on any atom is -0.310 e. The Hall–Kier alpha value is -1.45. The Kier molecular flexibility index (Phi) is 5.32. The van der Waals surface area contributed by atoms with Crippen molar-refractivity contribution >= 4 is 11.6 Å². The van der Waals surface area contributed by atoms with Gasteiger partial charge in [0, 0.05) is 16.6 Å². The second-order valence-electron chi connectivity index (χ2n) is 5.03. The van der Waals surface area contributed by atoms with Crippen molar-refractivity contribution in [3.63, 3.8) is 0 Å². The van der Waals surface area contributed by atoms with Crippen LogP contribution in [0.5, 0.6) is 0 Å². The molecule has 0 aliphatic heterocycles. The monoisotopic (exact) mass is 309 g/mol. The Balaban J connectivity index is 2.33. The Bertz CT molecular complexity index is 628. The van der Waals surface area contributed by atoms with Crippen LogP contribution < -0.4 is 5.32 Å². The SMILES string of the molecule is CCNC(Cc1ccc(Cl)cc1F)c1cccc(C)c1F. The molecule has 0 aliphatic rings. The summed E-state index contributed by atoms with van der Waals surface area (Å²) in [4.78, 5) is 0. The van der Waals surface area contributed by atoms with Gasteiger partial charge in [-0.3, -0.25) is 0 Å². The summed E-state index contributed by atoms with van der Waals surface area (Å²) in [6, 6.07) is 9.59. The van der Waals surface area contributed by atoms with Crippen molar-refractivity contribution in [3.05, 3.63) is 69.7 Å². The fourth-order valence-electron chi connectivity index (χ4n) is 2.38. The molecule has 112 valence electrons. The first kappa shape index (κ1) is 15.9. The van der Waals surface area contributed by atoms with E-state index < -0.39 is 0 Å². The third-order valence-electron chi connectivity index (χ3n) is 3.49. The second-order valence-corrected chi connectivity index (χ2v) is 5.46. The van der Waals surface area contributed by atoms with Gasteiger partial charge in [-0.05, 0) is 43.1 Å². The van der Waals surface area contributed by atoms with Gasteiger partial charge < -0.3 is 5.32 Å². The fourth-order valence-corrected chi connectivity index (χ4v) is 2.54. The van der Waals surface area contributed by atoms with E-state index in [1.165, 1.54) is 6.07 Å². The van der Waals surface area contributed by atoms with Crippen LogP contribution in [0.1, 0.15) is 29.7 Å². The highest BCUT2D eigenvalue weighted by Gasteiger charge is 2.18. The maximum absolute atomic E-state index is 14.3. The van der Waals surface area contributed by atoms with Crippen LogP contribution in [0.2, 0.25) is 5.02 Å². The Labute approximate surface area is 128 Å². The molecule has 2 rings (SSSR count). The predicted molar refractivity (Wildman–Crippen MR) is 82.7 cm³/mol. The van der Waals surface area contributed by atoms with Crippen LogP contribution in [0.25, 0.3) is 0 Å². The number of hydrogen-bond donors (Lipinski definition) is 1. The van der Waals surface area contributed by atoms with Crippen molar-refractivity contribution in [2.75, 3.05) is 6.54 Å². The summed E-state index contributed by atoms with van der Waals surface area (Å²) in [5.41, 5.74) is 1.67. The molecule has 1 nitrogen and oxygen atoms in total. The minimum absolute atomic E-state index is 0.238. The van der Waals surface area contributed by atoms with Gasteiger partial charge in [-0.2, -0.15) is 0 Å². The summed E-state index contributed by atoms with van der Waals surface area (Å²) in [5, 5.41) is 3.58. The van der Waals surface area contributed by atoms with Gasteiger partial charge in [0.1, 0.15) is 11.6 Å². The molecule has 0 bridgehead atoms. The van der Waals surface area contributed by atoms with Crippen LogP contribution in [0.4, 0.5) is 8.78 Å². The number of hydrogen-bond acceptors (Lipinski definition) is 1. The first-order chi connectivity index (χ1) is 10.0. The van der Waals surface area contributed by atoms with Crippen LogP contribution >= 0.6 is 11.6 Å². The van der Waals surface area contributed by atoms with Gasteiger partial charge in [0.15, 0.2) is 0 Å². The van der Waals surface area contributed by atoms with Gasteiger partial charge in [0.2, 0.25) is 0 Å². The summed E-state index contributed by atoms with van der Waals surface area (Å²) in [5.74, 6) is -0.601. The molecule has 0 spiro atoms. The molecule has 0 aliphatic carbocycles. The zero-order valence-electron chi connectivity index (χ0n) is 12.1. The van der Waals surface area contributed by atoms with Crippen LogP contribution in [-0.4, -0.2) is 6.54 Å². The minimum atomic E-state index is -0.363. The molecule has 1 atom stereocenters. The molecular formula is C17H18ClF2N. The number of aryl methyl sites for hydroxylation is 1. The van der Waals surface area contributed by atoms with E-state index >= 15 is 0 Å². The lowest BCUT2D eigenvalue weighted by Gasteiger charge is -2.20. The number of nitrogens with one attached hydrogen (secondary N) is 1. The number of likely N-dealkylation sites (N-methyl/N-ethyl adjacent to an activating group) is 1. The lowest BCUT2D eigenvalue weighted by Crippen LogP contribution is -2.24. The van der Waals surface area contributed by atoms with Crippen molar-refractivity contribution in [3.8, 4) is 0 Å². The molecule has 0 fully saturated rings. The average Bonchev–Trinajstić information content (AvgIpc) is 2.44. The lowest BCUT2D eigenvalue weighted by molar-refractivity contribution is 0.496. The van der Waals surface area contributed by atoms with Crippen LogP contribution in [-0.2, 0) is 6.42 Å². The van der Waals surface area contributed by atoms with E-state index in [-0.39, 0.29) is 17.7 Å². The van der Waals surface area contributed by atoms with Gasteiger partial charge in [0.05, 0.1) is 0 Å². The van der Waals surface area contributed by atoms with E-state index in [1.807, 2.05) is 13.0 Å². The molecule has 21 heavy (non-hydrogen) atoms. The van der Waals surface area contributed by atoms with Crippen molar-refractivity contribution in [2.45, 2.75) is 26.3 Å². The standard InChI is InChI=1S/C17H18ClF2N/c1-3-21-16(14-6-4-5-11(2)17(14)20)9-12-7-8-13(18)10-15(12)19/h4-8,10,16,21H,3,9H2,1-2H3. The normalized spacial score (nSPS) is 12.4. The molecule has 1 N–H and O–H groups in total. The molecule has 0 radical (unpaired) electrons. The maximum atomic E-state index is 14.3. The Morgan fingerprint density at radius 2 is 1.95 bits per heavy atom. The number of halogens is 3. The van der Waals surface area contributed by atoms with E-state index in [2.05, 4.69) is 5.32 Å². The third kappa shape index (κ3) is 3.80. The number of benzene rings is 2. The topological polar surface area (TPSA) is 12.0 Å². The van der Waals surface area contributed by atoms with E-state index in [4.69, 9.17) is 11.6 Å². The van der Waals surface area contributed by atoms with E-state index in [0.717, 1.165) is 0 Å². The molecule has 4 heteroatoms. The van der Waals surface area contributed by atoms with E-state index in [1.54, 1.807) is 31.2 Å². The van der Waals surface area contributed by atoms with Gasteiger partial charge >= 0.3 is 0 Å². The van der Waals surface area contributed by atoms with Crippen LogP contribution in [0.3, 0.4) is 0 Å². The Morgan fingerprint density at radius 1 is 1.19 bits per heavy atom. The lowest BCUT2D eigenvalue weighted by atomic mass is 9.96. The van der Waals surface area contributed by atoms with E-state index in [9.17, 15) is 8.78 Å². The molecule has 1 unspecified atom stereocenters. The van der Waals surface area contributed by atoms with Crippen molar-refractivity contribution in [2.24, 2.45) is 0 Å². The van der Waals surface area contributed by atoms with Gasteiger partial charge in [-0.1, -0.05) is 42.8 Å². The summed E-state index contributed by atoms with van der Waals surface area (Å²) < 4.78 is 28.2. The first-order valence-corrected chi connectivity index (χ1v) is 7.33. The summed E-state index contributed by atoms with van der Waals surface area (Å²) in [6.07, 6.45) is 0.372. The number of rotatable bonds is 5. The van der Waals surface area contributed by atoms with Crippen molar-refractivity contribution < 1.29 is 8.78 Å². The van der Waals surface area contributed by atoms with Gasteiger partial charge in [-0.15, -0.1) is 0 Å². The van der Waals surface area contributed by atoms with E-state index in [0.29, 0.717) is 34.7 Å². The zero-order valence-corrected chi connectivity index (χ0v) is 12.8. The average molecular weight is 310 g/mol.